The number of ether oxygens (including phenoxy) is 2. The largest absolute Gasteiger partial charge is 0.442 e. The van der Waals surface area contributed by atoms with E-state index in [4.69, 9.17) is 21.1 Å². The molecule has 0 aliphatic carbocycles. The van der Waals surface area contributed by atoms with Crippen molar-refractivity contribution in [3.63, 3.8) is 0 Å². The summed E-state index contributed by atoms with van der Waals surface area (Å²) in [7, 11) is 0. The van der Waals surface area contributed by atoms with Gasteiger partial charge in [0.1, 0.15) is 18.5 Å². The molecule has 2 aliphatic heterocycles. The smallest absolute Gasteiger partial charge is 0.414 e. The minimum absolute atomic E-state index is 0.0493. The van der Waals surface area contributed by atoms with E-state index in [1.165, 1.54) is 21.9 Å². The van der Waals surface area contributed by atoms with Crippen LogP contribution in [0.25, 0.3) is 0 Å². The average molecular weight is 468 g/mol. The number of nitrogens with zero attached hydrogens (tertiary/aromatic N) is 2. The van der Waals surface area contributed by atoms with Gasteiger partial charge in [-0.3, -0.25) is 14.5 Å². The van der Waals surface area contributed by atoms with Crippen molar-refractivity contribution in [3.8, 4) is 0 Å². The van der Waals surface area contributed by atoms with Crippen LogP contribution in [0.15, 0.2) is 24.3 Å². The summed E-state index contributed by atoms with van der Waals surface area (Å²) in [6.07, 6.45) is -1.33. The molecule has 2 aromatic rings. The maximum Gasteiger partial charge on any atom is 0.414 e. The van der Waals surface area contributed by atoms with Crippen LogP contribution in [0.1, 0.15) is 15.2 Å². The van der Waals surface area contributed by atoms with Gasteiger partial charge in [-0.2, -0.15) is 0 Å². The number of halogens is 2. The first kappa shape index (κ1) is 21.5. The highest BCUT2D eigenvalue weighted by Gasteiger charge is 2.35. The van der Waals surface area contributed by atoms with E-state index < -0.39 is 18.0 Å². The second-order valence-electron chi connectivity index (χ2n) is 7.12. The maximum absolute atomic E-state index is 14.9. The number of carbonyl (C=O) groups excluding carboxylic acids is 3. The fourth-order valence-electron chi connectivity index (χ4n) is 3.48. The van der Waals surface area contributed by atoms with Gasteiger partial charge in [0.05, 0.1) is 34.6 Å². The molecule has 2 aliphatic rings. The standard InChI is InChI=1S/C20H19ClFN3O5S/c1-11-6-15(13(22)7-14(11)24-4-5-29-10-18(24)26)25-9-12(30-20(25)28)8-23-19(27)16-2-3-17(21)31-16/h2-3,6-7,12H,4-5,8-10H2,1H3,(H,23,27)/t12-/m0/s1. The van der Waals surface area contributed by atoms with Crippen molar-refractivity contribution in [2.24, 2.45) is 0 Å². The number of aryl methyl sites for hydroxylation is 1. The lowest BCUT2D eigenvalue weighted by molar-refractivity contribution is -0.125. The summed E-state index contributed by atoms with van der Waals surface area (Å²) in [5.41, 5.74) is 1.15. The lowest BCUT2D eigenvalue weighted by Gasteiger charge is -2.29. The molecule has 11 heteroatoms. The molecule has 3 amide bonds. The maximum atomic E-state index is 14.9. The zero-order valence-electron chi connectivity index (χ0n) is 16.5. The zero-order chi connectivity index (χ0) is 22.1. The van der Waals surface area contributed by atoms with Gasteiger partial charge < -0.3 is 19.7 Å². The van der Waals surface area contributed by atoms with Crippen LogP contribution in [0.2, 0.25) is 4.34 Å². The Morgan fingerprint density at radius 2 is 2.10 bits per heavy atom. The number of hydrogen-bond acceptors (Lipinski definition) is 6. The van der Waals surface area contributed by atoms with Crippen molar-refractivity contribution >= 4 is 52.2 Å². The van der Waals surface area contributed by atoms with Gasteiger partial charge in [0.2, 0.25) is 0 Å². The Labute approximate surface area is 186 Å². The average Bonchev–Trinajstić information content (AvgIpc) is 3.33. The lowest BCUT2D eigenvalue weighted by atomic mass is 10.1. The summed E-state index contributed by atoms with van der Waals surface area (Å²) in [5, 5.41) is 2.69. The van der Waals surface area contributed by atoms with Crippen LogP contribution in [-0.4, -0.2) is 56.9 Å². The van der Waals surface area contributed by atoms with Crippen molar-refractivity contribution in [2.75, 3.05) is 42.6 Å². The van der Waals surface area contributed by atoms with Crippen LogP contribution >= 0.6 is 22.9 Å². The Morgan fingerprint density at radius 1 is 1.29 bits per heavy atom. The molecule has 0 unspecified atom stereocenters. The van der Waals surface area contributed by atoms with Crippen molar-refractivity contribution in [3.05, 3.63) is 44.9 Å². The summed E-state index contributed by atoms with van der Waals surface area (Å²) in [4.78, 5) is 39.7. The first-order chi connectivity index (χ1) is 14.8. The molecule has 1 atom stereocenters. The predicted molar refractivity (Wildman–Crippen MR) is 114 cm³/mol. The Hall–Kier alpha value is -2.69. The summed E-state index contributed by atoms with van der Waals surface area (Å²) >= 11 is 6.98. The van der Waals surface area contributed by atoms with Crippen molar-refractivity contribution in [1.29, 1.82) is 0 Å². The topological polar surface area (TPSA) is 88.2 Å². The fourth-order valence-corrected chi connectivity index (χ4v) is 4.44. The Bertz CT molecular complexity index is 1050. The highest BCUT2D eigenvalue weighted by Crippen LogP contribution is 2.32. The van der Waals surface area contributed by atoms with Crippen molar-refractivity contribution in [2.45, 2.75) is 13.0 Å². The molecule has 3 heterocycles. The highest BCUT2D eigenvalue weighted by molar-refractivity contribution is 7.18. The van der Waals surface area contributed by atoms with Crippen LogP contribution in [0, 0.1) is 12.7 Å². The lowest BCUT2D eigenvalue weighted by Crippen LogP contribution is -2.42. The number of anilines is 2. The van der Waals surface area contributed by atoms with Gasteiger partial charge in [-0.1, -0.05) is 11.6 Å². The Balaban J connectivity index is 1.44. The molecule has 164 valence electrons. The summed E-state index contributed by atoms with van der Waals surface area (Å²) in [6.45, 7) is 2.56. The molecular weight excluding hydrogens is 449 g/mol. The molecule has 0 bridgehead atoms. The third kappa shape index (κ3) is 4.51. The molecular formula is C20H19ClFN3O5S. The molecule has 1 aromatic heterocycles. The summed E-state index contributed by atoms with van der Waals surface area (Å²) in [5.74, 6) is -1.22. The van der Waals surface area contributed by atoms with E-state index in [1.807, 2.05) is 0 Å². The van der Waals surface area contributed by atoms with Crippen LogP contribution in [-0.2, 0) is 14.3 Å². The number of amides is 3. The molecule has 1 aromatic carbocycles. The normalized spacial score (nSPS) is 19.0. The third-order valence-corrected chi connectivity index (χ3v) is 6.22. The zero-order valence-corrected chi connectivity index (χ0v) is 18.1. The van der Waals surface area contributed by atoms with E-state index in [1.54, 1.807) is 19.1 Å². The number of hydrogen-bond donors (Lipinski definition) is 1. The van der Waals surface area contributed by atoms with E-state index in [0.29, 0.717) is 33.6 Å². The molecule has 31 heavy (non-hydrogen) atoms. The van der Waals surface area contributed by atoms with Crippen LogP contribution in [0.4, 0.5) is 20.6 Å². The van der Waals surface area contributed by atoms with Gasteiger partial charge >= 0.3 is 6.09 Å². The third-order valence-electron chi connectivity index (χ3n) is 4.99. The molecule has 1 N–H and O–H groups in total. The van der Waals surface area contributed by atoms with Crippen LogP contribution in [0.3, 0.4) is 0 Å². The second-order valence-corrected chi connectivity index (χ2v) is 8.83. The number of morpholine rings is 1. The second kappa shape index (κ2) is 8.81. The van der Waals surface area contributed by atoms with Gasteiger partial charge in [0.25, 0.3) is 11.8 Å². The quantitative estimate of drug-likeness (QED) is 0.730. The first-order valence-electron chi connectivity index (χ1n) is 9.53. The van der Waals surface area contributed by atoms with Gasteiger partial charge in [0.15, 0.2) is 0 Å². The van der Waals surface area contributed by atoms with Crippen LogP contribution in [0.5, 0.6) is 0 Å². The number of thiophene rings is 1. The number of rotatable bonds is 5. The molecule has 2 saturated heterocycles. The molecule has 8 nitrogen and oxygen atoms in total. The number of benzene rings is 1. The number of cyclic esters (lactones) is 1. The minimum atomic E-state index is -0.702. The Morgan fingerprint density at radius 3 is 2.81 bits per heavy atom. The van der Waals surface area contributed by atoms with E-state index in [0.717, 1.165) is 11.3 Å². The first-order valence-corrected chi connectivity index (χ1v) is 10.7. The summed E-state index contributed by atoms with van der Waals surface area (Å²) in [6, 6.07) is 5.99. The highest BCUT2D eigenvalue weighted by atomic mass is 35.5. The van der Waals surface area contributed by atoms with Gasteiger partial charge in [0, 0.05) is 18.3 Å². The van der Waals surface area contributed by atoms with E-state index >= 15 is 0 Å². The summed E-state index contributed by atoms with van der Waals surface area (Å²) < 4.78 is 25.8. The minimum Gasteiger partial charge on any atom is -0.442 e. The fraction of sp³-hybridized carbons (Fsp3) is 0.350. The molecule has 0 radical (unpaired) electrons. The molecule has 0 saturated carbocycles. The van der Waals surface area contributed by atoms with E-state index in [-0.39, 0.29) is 37.2 Å². The van der Waals surface area contributed by atoms with Gasteiger partial charge in [-0.15, -0.1) is 11.3 Å². The molecule has 2 fully saturated rings. The van der Waals surface area contributed by atoms with Crippen molar-refractivity contribution in [1.82, 2.24) is 5.32 Å². The predicted octanol–water partition coefficient (Wildman–Crippen LogP) is 2.97. The van der Waals surface area contributed by atoms with Gasteiger partial charge in [-0.05, 0) is 30.7 Å². The number of carbonyl (C=O) groups is 3. The Kier molecular flexibility index (Phi) is 6.12. The van der Waals surface area contributed by atoms with Gasteiger partial charge in [-0.25, -0.2) is 9.18 Å². The van der Waals surface area contributed by atoms with Crippen molar-refractivity contribution < 1.29 is 28.2 Å². The van der Waals surface area contributed by atoms with Crippen LogP contribution < -0.4 is 15.1 Å². The van der Waals surface area contributed by atoms with E-state index in [2.05, 4.69) is 5.32 Å². The molecule has 4 rings (SSSR count). The van der Waals surface area contributed by atoms with E-state index in [9.17, 15) is 18.8 Å². The SMILES string of the molecule is Cc1cc(N2C[C@H](CNC(=O)c3ccc(Cl)s3)OC2=O)c(F)cc1N1CCOCC1=O. The monoisotopic (exact) mass is 467 g/mol. The number of nitrogens with one attached hydrogen (secondary N) is 1. The molecule has 0 spiro atoms.